The van der Waals surface area contributed by atoms with E-state index in [9.17, 15) is 14.9 Å². The van der Waals surface area contributed by atoms with Crippen LogP contribution in [0.3, 0.4) is 0 Å². The summed E-state index contributed by atoms with van der Waals surface area (Å²) in [6.07, 6.45) is 2.42. The van der Waals surface area contributed by atoms with Crippen molar-refractivity contribution in [2.24, 2.45) is 0 Å². The van der Waals surface area contributed by atoms with Crippen LogP contribution in [0.4, 0.5) is 5.69 Å². The van der Waals surface area contributed by atoms with Gasteiger partial charge in [-0.15, -0.1) is 0 Å². The molecule has 1 aromatic heterocycles. The fourth-order valence-electron chi connectivity index (χ4n) is 3.59. The molecule has 1 fully saturated rings. The third-order valence-electron chi connectivity index (χ3n) is 5.42. The van der Waals surface area contributed by atoms with E-state index < -0.39 is 4.92 Å². The van der Waals surface area contributed by atoms with E-state index in [1.54, 1.807) is 10.7 Å². The first-order valence-corrected chi connectivity index (χ1v) is 10.3. The molecule has 1 heterocycles. The Morgan fingerprint density at radius 2 is 1.84 bits per heavy atom. The van der Waals surface area contributed by atoms with Crippen molar-refractivity contribution in [2.75, 3.05) is 20.8 Å². The van der Waals surface area contributed by atoms with Gasteiger partial charge in [-0.1, -0.05) is 18.2 Å². The zero-order valence-electron chi connectivity index (χ0n) is 17.9. The summed E-state index contributed by atoms with van der Waals surface area (Å²) in [5.74, 6) is 0.805. The molecule has 0 spiro atoms. The highest BCUT2D eigenvalue weighted by atomic mass is 16.6. The SMILES string of the molecule is COc1cc(CCNC(=O)c2cc(C3CC3)nn2-c2ccccc2)c([N+](=O)[O-])cc1OC. The number of benzene rings is 2. The summed E-state index contributed by atoms with van der Waals surface area (Å²) in [6, 6.07) is 14.2. The average molecular weight is 436 g/mol. The maximum Gasteiger partial charge on any atom is 0.276 e. The van der Waals surface area contributed by atoms with Gasteiger partial charge >= 0.3 is 0 Å². The van der Waals surface area contributed by atoms with Gasteiger partial charge in [-0.25, -0.2) is 4.68 Å². The molecule has 1 amide bonds. The quantitative estimate of drug-likeness (QED) is 0.405. The molecule has 1 saturated carbocycles. The topological polar surface area (TPSA) is 109 Å². The Morgan fingerprint density at radius 3 is 2.47 bits per heavy atom. The molecule has 0 atom stereocenters. The molecule has 9 nitrogen and oxygen atoms in total. The Labute approximate surface area is 185 Å². The van der Waals surface area contributed by atoms with Crippen LogP contribution in [-0.2, 0) is 6.42 Å². The van der Waals surface area contributed by atoms with Crippen LogP contribution >= 0.6 is 0 Å². The number of nitro benzene ring substituents is 1. The molecule has 32 heavy (non-hydrogen) atoms. The third-order valence-corrected chi connectivity index (χ3v) is 5.42. The van der Waals surface area contributed by atoms with Gasteiger partial charge in [-0.05, 0) is 43.5 Å². The highest BCUT2D eigenvalue weighted by molar-refractivity contribution is 5.93. The van der Waals surface area contributed by atoms with Gasteiger partial charge in [0.2, 0.25) is 0 Å². The van der Waals surface area contributed by atoms with Crippen LogP contribution < -0.4 is 14.8 Å². The van der Waals surface area contributed by atoms with Crippen molar-refractivity contribution >= 4 is 11.6 Å². The van der Waals surface area contributed by atoms with E-state index in [-0.39, 0.29) is 30.3 Å². The predicted octanol–water partition coefficient (Wildman–Crippen LogP) is 3.65. The zero-order valence-corrected chi connectivity index (χ0v) is 17.9. The Bertz CT molecular complexity index is 1140. The summed E-state index contributed by atoms with van der Waals surface area (Å²) < 4.78 is 12.1. The summed E-state index contributed by atoms with van der Waals surface area (Å²) in [7, 11) is 2.89. The number of hydrogen-bond acceptors (Lipinski definition) is 6. The molecule has 4 rings (SSSR count). The van der Waals surface area contributed by atoms with Gasteiger partial charge in [-0.3, -0.25) is 14.9 Å². The van der Waals surface area contributed by atoms with Crippen LogP contribution in [0.1, 0.15) is 40.5 Å². The normalized spacial score (nSPS) is 12.9. The number of ether oxygens (including phenoxy) is 2. The summed E-state index contributed by atoms with van der Waals surface area (Å²) in [5.41, 5.74) is 2.53. The van der Waals surface area contributed by atoms with Crippen molar-refractivity contribution in [2.45, 2.75) is 25.2 Å². The summed E-state index contributed by atoms with van der Waals surface area (Å²) in [4.78, 5) is 24.0. The molecule has 3 aromatic rings. The highest BCUT2D eigenvalue weighted by Crippen LogP contribution is 2.39. The molecule has 0 radical (unpaired) electrons. The van der Waals surface area contributed by atoms with Crippen LogP contribution in [-0.4, -0.2) is 41.4 Å². The molecule has 0 bridgehead atoms. The number of nitrogens with one attached hydrogen (secondary N) is 1. The van der Waals surface area contributed by atoms with E-state index in [4.69, 9.17) is 9.47 Å². The Balaban J connectivity index is 1.52. The zero-order chi connectivity index (χ0) is 22.7. The Hall–Kier alpha value is -3.88. The molecule has 2 aromatic carbocycles. The van der Waals surface area contributed by atoms with Crippen LogP contribution in [0.2, 0.25) is 0 Å². The van der Waals surface area contributed by atoms with E-state index in [2.05, 4.69) is 10.4 Å². The number of para-hydroxylation sites is 1. The Morgan fingerprint density at radius 1 is 1.16 bits per heavy atom. The van der Waals surface area contributed by atoms with Gasteiger partial charge in [-0.2, -0.15) is 5.10 Å². The smallest absolute Gasteiger partial charge is 0.276 e. The molecule has 1 aliphatic carbocycles. The van der Waals surface area contributed by atoms with Crippen molar-refractivity contribution in [3.63, 3.8) is 0 Å². The van der Waals surface area contributed by atoms with E-state index in [1.807, 2.05) is 36.4 Å². The lowest BCUT2D eigenvalue weighted by Crippen LogP contribution is -2.28. The van der Waals surface area contributed by atoms with Crippen LogP contribution in [0.25, 0.3) is 5.69 Å². The lowest BCUT2D eigenvalue weighted by Gasteiger charge is -2.11. The van der Waals surface area contributed by atoms with Gasteiger partial charge in [0.05, 0.1) is 36.6 Å². The van der Waals surface area contributed by atoms with Crippen LogP contribution in [0.5, 0.6) is 11.5 Å². The lowest BCUT2D eigenvalue weighted by atomic mass is 10.1. The van der Waals surface area contributed by atoms with Crippen LogP contribution in [0.15, 0.2) is 48.5 Å². The standard InChI is InChI=1S/C23H24N4O5/c1-31-21-12-16(19(27(29)30)14-22(21)32-2)10-11-24-23(28)20-13-18(15-8-9-15)25-26(20)17-6-4-3-5-7-17/h3-7,12-15H,8-11H2,1-2H3,(H,24,28). The highest BCUT2D eigenvalue weighted by Gasteiger charge is 2.29. The third kappa shape index (κ3) is 4.41. The first-order chi connectivity index (χ1) is 15.5. The molecule has 166 valence electrons. The summed E-state index contributed by atoms with van der Waals surface area (Å²) in [6.45, 7) is 0.216. The minimum Gasteiger partial charge on any atom is -0.493 e. The number of carbonyl (C=O) groups is 1. The molecule has 1 aliphatic rings. The second kappa shape index (κ2) is 9.09. The maximum atomic E-state index is 13.0. The number of aromatic nitrogens is 2. The predicted molar refractivity (Wildman–Crippen MR) is 118 cm³/mol. The summed E-state index contributed by atoms with van der Waals surface area (Å²) >= 11 is 0. The van der Waals surface area contributed by atoms with Gasteiger partial charge in [0, 0.05) is 18.0 Å². The molecular weight excluding hydrogens is 412 g/mol. The van der Waals surface area contributed by atoms with Crippen molar-refractivity contribution in [3.8, 4) is 17.2 Å². The Kier molecular flexibility index (Phi) is 6.07. The van der Waals surface area contributed by atoms with Crippen molar-refractivity contribution in [1.29, 1.82) is 0 Å². The van der Waals surface area contributed by atoms with E-state index in [0.29, 0.717) is 22.9 Å². The van der Waals surface area contributed by atoms with Crippen molar-refractivity contribution < 1.29 is 19.2 Å². The maximum absolute atomic E-state index is 13.0. The lowest BCUT2D eigenvalue weighted by molar-refractivity contribution is -0.385. The monoisotopic (exact) mass is 436 g/mol. The number of amides is 1. The summed E-state index contributed by atoms with van der Waals surface area (Å²) in [5, 5.41) is 19.0. The molecule has 9 heteroatoms. The average Bonchev–Trinajstić information content (AvgIpc) is 3.57. The second-order valence-electron chi connectivity index (χ2n) is 7.57. The fourth-order valence-corrected chi connectivity index (χ4v) is 3.59. The van der Waals surface area contributed by atoms with Gasteiger partial charge in [0.25, 0.3) is 11.6 Å². The van der Waals surface area contributed by atoms with Gasteiger partial charge in [0.15, 0.2) is 11.5 Å². The van der Waals surface area contributed by atoms with E-state index >= 15 is 0 Å². The molecule has 0 unspecified atom stereocenters. The minimum absolute atomic E-state index is 0.0813. The molecule has 1 N–H and O–H groups in total. The second-order valence-corrected chi connectivity index (χ2v) is 7.57. The van der Waals surface area contributed by atoms with Gasteiger partial charge in [0.1, 0.15) is 5.69 Å². The van der Waals surface area contributed by atoms with Crippen molar-refractivity contribution in [1.82, 2.24) is 15.1 Å². The number of carbonyl (C=O) groups excluding carboxylic acids is 1. The van der Waals surface area contributed by atoms with E-state index in [1.165, 1.54) is 20.3 Å². The first-order valence-electron chi connectivity index (χ1n) is 10.3. The van der Waals surface area contributed by atoms with E-state index in [0.717, 1.165) is 24.2 Å². The number of methoxy groups -OCH3 is 2. The number of nitro groups is 1. The number of hydrogen-bond donors (Lipinski definition) is 1. The minimum atomic E-state index is -0.467. The largest absolute Gasteiger partial charge is 0.493 e. The fraction of sp³-hybridized carbons (Fsp3) is 0.304. The van der Waals surface area contributed by atoms with Crippen LogP contribution in [0, 0.1) is 10.1 Å². The van der Waals surface area contributed by atoms with Crippen molar-refractivity contribution in [3.05, 3.63) is 75.6 Å². The van der Waals surface area contributed by atoms with Gasteiger partial charge < -0.3 is 14.8 Å². The molecule has 0 aliphatic heterocycles. The molecule has 0 saturated heterocycles. The number of nitrogens with zero attached hydrogens (tertiary/aromatic N) is 3. The molecular formula is C23H24N4O5. The first kappa shape index (κ1) is 21.4. The number of rotatable bonds is 9.